The number of amides is 2. The minimum atomic E-state index is -5.15. The second kappa shape index (κ2) is 9.36. The molecule has 0 aromatic rings. The lowest BCUT2D eigenvalue weighted by molar-refractivity contribution is -0.186. The molecule has 4 nitrogen and oxygen atoms in total. The number of carbonyl (C=O) groups excluding carboxylic acids is 2. The molecule has 0 bridgehead atoms. The van der Waals surface area contributed by atoms with Crippen LogP contribution in [0.25, 0.3) is 0 Å². The van der Waals surface area contributed by atoms with Gasteiger partial charge in [-0.15, -0.1) is 0 Å². The molecule has 0 aromatic carbocycles. The Morgan fingerprint density at radius 2 is 1.33 bits per heavy atom. The maximum absolute atomic E-state index is 13.7. The Morgan fingerprint density at radius 1 is 0.889 bits per heavy atom. The fraction of sp³-hybridized carbons (Fsp3) is 0.733. The van der Waals surface area contributed by atoms with E-state index in [0.29, 0.717) is 6.08 Å². The Bertz CT molecular complexity index is 533. The van der Waals surface area contributed by atoms with Crippen LogP contribution in [-0.4, -0.2) is 65.8 Å². The van der Waals surface area contributed by atoms with Crippen LogP contribution in [0.5, 0.6) is 0 Å². The van der Waals surface area contributed by atoms with E-state index in [-0.39, 0.29) is 13.1 Å². The van der Waals surface area contributed by atoms with Gasteiger partial charge in [0, 0.05) is 13.1 Å². The molecule has 27 heavy (non-hydrogen) atoms. The minimum absolute atomic E-state index is 0.0316. The quantitative estimate of drug-likeness (QED) is 0.450. The van der Waals surface area contributed by atoms with E-state index in [9.17, 15) is 44.7 Å². The normalized spacial score (nSPS) is 13.5. The maximum atomic E-state index is 13.7. The summed E-state index contributed by atoms with van der Waals surface area (Å²) in [4.78, 5) is 23.6. The van der Waals surface area contributed by atoms with Crippen LogP contribution in [-0.2, 0) is 9.59 Å². The van der Waals surface area contributed by atoms with Crippen molar-refractivity contribution in [3.05, 3.63) is 11.9 Å². The minimum Gasteiger partial charge on any atom is -0.340 e. The lowest BCUT2D eigenvalue weighted by Gasteiger charge is -2.26. The molecule has 2 amide bonds. The summed E-state index contributed by atoms with van der Waals surface area (Å²) < 4.78 is 101. The van der Waals surface area contributed by atoms with Crippen molar-refractivity contribution < 1.29 is 44.7 Å². The van der Waals surface area contributed by atoms with Crippen molar-refractivity contribution in [1.29, 1.82) is 0 Å². The van der Waals surface area contributed by atoms with Crippen molar-refractivity contribution in [3.63, 3.8) is 0 Å². The highest BCUT2D eigenvalue weighted by molar-refractivity contribution is 5.91. The van der Waals surface area contributed by atoms with Crippen LogP contribution in [0.1, 0.15) is 27.2 Å². The first-order valence-corrected chi connectivity index (χ1v) is 7.74. The van der Waals surface area contributed by atoms with Gasteiger partial charge in [0.25, 0.3) is 11.8 Å². The Hall–Kier alpha value is -1.88. The number of nitrogens with zero attached hydrogens (tertiary/aromatic N) is 2. The predicted octanol–water partition coefficient (Wildman–Crippen LogP) is 3.78. The second-order valence-electron chi connectivity index (χ2n) is 6.09. The first-order valence-electron chi connectivity index (χ1n) is 7.74. The number of hydrogen-bond donors (Lipinski definition) is 0. The Morgan fingerprint density at radius 3 is 1.67 bits per heavy atom. The fourth-order valence-electron chi connectivity index (χ4n) is 2.00. The van der Waals surface area contributed by atoms with Gasteiger partial charge in [-0.25, -0.2) is 8.78 Å². The Labute approximate surface area is 150 Å². The molecule has 0 rings (SSSR count). The van der Waals surface area contributed by atoms with Crippen LogP contribution in [0.2, 0.25) is 0 Å². The van der Waals surface area contributed by atoms with Crippen molar-refractivity contribution in [2.75, 3.05) is 26.2 Å². The van der Waals surface area contributed by atoms with Gasteiger partial charge in [0.05, 0.1) is 0 Å². The standard InChI is InChI=1S/C15H20F8N2O2/c1-4-24(12(27)13(2,3)17)7-5-6-10(16)11(26)25(8-14(18,19)20)9-15(21,22)23/h6H,4-5,7-9H2,1-3H3/b10-6-. The molecule has 158 valence electrons. The smallest absolute Gasteiger partial charge is 0.340 e. The van der Waals surface area contributed by atoms with Crippen LogP contribution in [0.4, 0.5) is 35.1 Å². The van der Waals surface area contributed by atoms with Crippen molar-refractivity contribution in [3.8, 4) is 0 Å². The lowest BCUT2D eigenvalue weighted by atomic mass is 10.1. The summed E-state index contributed by atoms with van der Waals surface area (Å²) in [6.45, 7) is -1.33. The summed E-state index contributed by atoms with van der Waals surface area (Å²) in [7, 11) is 0. The molecule has 0 N–H and O–H groups in total. The van der Waals surface area contributed by atoms with E-state index in [4.69, 9.17) is 0 Å². The van der Waals surface area contributed by atoms with Gasteiger partial charge >= 0.3 is 12.4 Å². The van der Waals surface area contributed by atoms with E-state index < -0.39 is 60.1 Å². The topological polar surface area (TPSA) is 40.6 Å². The van der Waals surface area contributed by atoms with Gasteiger partial charge in [-0.3, -0.25) is 9.59 Å². The van der Waals surface area contributed by atoms with Crippen LogP contribution in [0, 0.1) is 0 Å². The average molecular weight is 412 g/mol. The third-order valence-corrected chi connectivity index (χ3v) is 3.13. The van der Waals surface area contributed by atoms with Gasteiger partial charge in [0.15, 0.2) is 11.5 Å². The Kier molecular flexibility index (Phi) is 8.71. The number of alkyl halides is 7. The number of halogens is 8. The van der Waals surface area contributed by atoms with Crippen LogP contribution < -0.4 is 0 Å². The molecule has 0 saturated carbocycles. The molecule has 0 heterocycles. The summed E-state index contributed by atoms with van der Waals surface area (Å²) in [6, 6.07) is 0. The van der Waals surface area contributed by atoms with Crippen LogP contribution >= 0.6 is 0 Å². The summed E-state index contributed by atoms with van der Waals surface area (Å²) in [5.41, 5.74) is -2.22. The zero-order valence-corrected chi connectivity index (χ0v) is 14.8. The molecule has 0 aliphatic heterocycles. The van der Waals surface area contributed by atoms with Gasteiger partial charge in [0.1, 0.15) is 13.1 Å². The Balaban J connectivity index is 5.11. The molecule has 0 radical (unpaired) electrons. The zero-order valence-electron chi connectivity index (χ0n) is 14.8. The number of carbonyl (C=O) groups is 2. The average Bonchev–Trinajstić information content (AvgIpc) is 2.45. The molecule has 0 aliphatic rings. The maximum Gasteiger partial charge on any atom is 0.406 e. The second-order valence-corrected chi connectivity index (χ2v) is 6.09. The van der Waals surface area contributed by atoms with E-state index >= 15 is 0 Å². The highest BCUT2D eigenvalue weighted by Gasteiger charge is 2.40. The van der Waals surface area contributed by atoms with Crippen molar-refractivity contribution in [2.45, 2.75) is 45.2 Å². The molecule has 0 fully saturated rings. The van der Waals surface area contributed by atoms with E-state index in [1.165, 1.54) is 6.92 Å². The molecular weight excluding hydrogens is 392 g/mol. The molecule has 0 spiro atoms. The molecule has 0 aliphatic carbocycles. The highest BCUT2D eigenvalue weighted by atomic mass is 19.4. The van der Waals surface area contributed by atoms with E-state index in [0.717, 1.165) is 18.7 Å². The first kappa shape index (κ1) is 25.1. The summed E-state index contributed by atoms with van der Waals surface area (Å²) in [5.74, 6) is -4.84. The van der Waals surface area contributed by atoms with Crippen molar-refractivity contribution >= 4 is 11.8 Å². The summed E-state index contributed by atoms with van der Waals surface area (Å²) >= 11 is 0. The molecule has 12 heteroatoms. The highest BCUT2D eigenvalue weighted by Crippen LogP contribution is 2.23. The van der Waals surface area contributed by atoms with Crippen molar-refractivity contribution in [1.82, 2.24) is 9.80 Å². The zero-order chi connectivity index (χ0) is 21.6. The SMILES string of the molecule is CCN(CC/C=C(\F)C(=O)N(CC(F)(F)F)CC(F)(F)F)C(=O)C(C)(C)F. The molecule has 0 atom stereocenters. The number of hydrogen-bond acceptors (Lipinski definition) is 2. The predicted molar refractivity (Wildman–Crippen MR) is 79.9 cm³/mol. The van der Waals surface area contributed by atoms with Gasteiger partial charge in [-0.1, -0.05) is 0 Å². The van der Waals surface area contributed by atoms with E-state index in [1.54, 1.807) is 0 Å². The fourth-order valence-corrected chi connectivity index (χ4v) is 2.00. The third-order valence-electron chi connectivity index (χ3n) is 3.13. The molecule has 0 saturated heterocycles. The largest absolute Gasteiger partial charge is 0.406 e. The van der Waals surface area contributed by atoms with Gasteiger partial charge in [0.2, 0.25) is 0 Å². The van der Waals surface area contributed by atoms with E-state index in [1.807, 2.05) is 0 Å². The van der Waals surface area contributed by atoms with Crippen LogP contribution in [0.3, 0.4) is 0 Å². The summed E-state index contributed by atoms with van der Waals surface area (Å²) in [5, 5.41) is 0. The van der Waals surface area contributed by atoms with Crippen LogP contribution in [0.15, 0.2) is 11.9 Å². The summed E-state index contributed by atoms with van der Waals surface area (Å²) in [6.07, 6.45) is -10.2. The number of rotatable bonds is 8. The molecule has 0 unspecified atom stereocenters. The van der Waals surface area contributed by atoms with Gasteiger partial charge in [-0.05, 0) is 33.3 Å². The third kappa shape index (κ3) is 10.1. The molecular formula is C15H20F8N2O2. The lowest BCUT2D eigenvalue weighted by Crippen LogP contribution is -2.44. The first-order chi connectivity index (χ1) is 12.0. The van der Waals surface area contributed by atoms with Crippen molar-refractivity contribution in [2.24, 2.45) is 0 Å². The van der Waals surface area contributed by atoms with E-state index in [2.05, 4.69) is 0 Å². The van der Waals surface area contributed by atoms with Gasteiger partial charge in [-0.2, -0.15) is 26.3 Å². The monoisotopic (exact) mass is 412 g/mol. The molecule has 0 aromatic heterocycles. The van der Waals surface area contributed by atoms with Gasteiger partial charge < -0.3 is 9.80 Å².